The molecule has 0 heterocycles. The van der Waals surface area contributed by atoms with Crippen molar-refractivity contribution in [1.29, 1.82) is 0 Å². The molecule has 9 heavy (non-hydrogen) atoms. The maximum absolute atomic E-state index is 8.49. The summed E-state index contributed by atoms with van der Waals surface area (Å²) in [6.45, 7) is 5.46. The van der Waals surface area contributed by atoms with Gasteiger partial charge in [0.25, 0.3) is 0 Å². The molecule has 0 unspecified atom stereocenters. The number of aliphatic hydroxyl groups is 1. The summed E-state index contributed by atoms with van der Waals surface area (Å²) < 4.78 is 0. The van der Waals surface area contributed by atoms with Gasteiger partial charge in [0.1, 0.15) is 0 Å². The third-order valence-corrected chi connectivity index (χ3v) is 0.870. The van der Waals surface area contributed by atoms with Crippen LogP contribution >= 0.6 is 0 Å². The zero-order chi connectivity index (χ0) is 7.11. The highest BCUT2D eigenvalue weighted by atomic mass is 16.3. The van der Waals surface area contributed by atoms with Crippen LogP contribution in [0.5, 0.6) is 0 Å². The predicted octanol–water partition coefficient (Wildman–Crippen LogP) is 1.66. The van der Waals surface area contributed by atoms with Gasteiger partial charge in [-0.25, -0.2) is 0 Å². The zero-order valence-electron chi connectivity index (χ0n) is 5.72. The van der Waals surface area contributed by atoms with Crippen molar-refractivity contribution in [3.8, 4) is 0 Å². The highest BCUT2D eigenvalue weighted by molar-refractivity contribution is 4.99. The molecule has 0 spiro atoms. The van der Waals surface area contributed by atoms with E-state index in [-0.39, 0.29) is 6.61 Å². The minimum absolute atomic E-state index is 0.0909. The van der Waals surface area contributed by atoms with Gasteiger partial charge >= 0.3 is 0 Å². The summed E-state index contributed by atoms with van der Waals surface area (Å²) in [6, 6.07) is 0. The highest BCUT2D eigenvalue weighted by Gasteiger charge is 1.76. The molecule has 50 valence electrons. The number of hydrogen-bond acceptors (Lipinski definition) is 1. The summed E-state index contributed by atoms with van der Waals surface area (Å²) in [5.41, 5.74) is 3.76. The van der Waals surface area contributed by atoms with Crippen LogP contribution < -0.4 is 0 Å². The van der Waals surface area contributed by atoms with Crippen molar-refractivity contribution in [2.75, 3.05) is 6.61 Å². The monoisotopic (exact) mass is 124 g/mol. The van der Waals surface area contributed by atoms with Crippen molar-refractivity contribution in [2.24, 2.45) is 0 Å². The molecule has 0 aromatic rings. The molecule has 1 nitrogen and oxygen atoms in total. The van der Waals surface area contributed by atoms with E-state index in [4.69, 9.17) is 5.11 Å². The predicted molar refractivity (Wildman–Crippen MR) is 39.2 cm³/mol. The van der Waals surface area contributed by atoms with E-state index in [0.717, 1.165) is 12.0 Å². The first kappa shape index (κ1) is 8.22. The molecule has 1 N–H and O–H groups in total. The molecule has 0 aliphatic heterocycles. The van der Waals surface area contributed by atoms with E-state index in [0.29, 0.717) is 0 Å². The largest absolute Gasteiger partial charge is 0.391 e. The Morgan fingerprint density at radius 1 is 1.78 bits per heavy atom. The fourth-order valence-electron chi connectivity index (χ4n) is 0.362. The van der Waals surface area contributed by atoms with E-state index >= 15 is 0 Å². The third kappa shape index (κ3) is 5.09. The number of aliphatic hydroxyl groups excluding tert-OH is 1. The van der Waals surface area contributed by atoms with E-state index in [1.54, 1.807) is 6.08 Å². The topological polar surface area (TPSA) is 20.2 Å². The fourth-order valence-corrected chi connectivity index (χ4v) is 0.362. The molecule has 0 saturated heterocycles. The molecule has 0 aromatic carbocycles. The van der Waals surface area contributed by atoms with Crippen molar-refractivity contribution in [2.45, 2.75) is 13.3 Å². The summed E-state index contributed by atoms with van der Waals surface area (Å²) in [7, 11) is 0. The second-order valence-corrected chi connectivity index (χ2v) is 1.81. The normalized spacial score (nSPS) is 7.78. The molecular formula is C8H12O. The van der Waals surface area contributed by atoms with E-state index < -0.39 is 0 Å². The van der Waals surface area contributed by atoms with Crippen LogP contribution in [-0.4, -0.2) is 11.7 Å². The summed E-state index contributed by atoms with van der Waals surface area (Å²) in [5, 5.41) is 8.49. The van der Waals surface area contributed by atoms with Crippen molar-refractivity contribution in [1.82, 2.24) is 0 Å². The SMILES string of the molecule is C=CCC=C=C(C)CO. The Morgan fingerprint density at radius 3 is 2.89 bits per heavy atom. The summed E-state index contributed by atoms with van der Waals surface area (Å²) in [4.78, 5) is 0. The second-order valence-electron chi connectivity index (χ2n) is 1.81. The lowest BCUT2D eigenvalue weighted by atomic mass is 10.3. The average molecular weight is 124 g/mol. The highest BCUT2D eigenvalue weighted by Crippen LogP contribution is 1.87. The van der Waals surface area contributed by atoms with Crippen LogP contribution in [0.4, 0.5) is 0 Å². The molecule has 0 bridgehead atoms. The van der Waals surface area contributed by atoms with Crippen LogP contribution in [0.15, 0.2) is 30.0 Å². The third-order valence-electron chi connectivity index (χ3n) is 0.870. The van der Waals surface area contributed by atoms with Crippen molar-refractivity contribution in [3.05, 3.63) is 30.0 Å². The van der Waals surface area contributed by atoms with Crippen LogP contribution in [0.3, 0.4) is 0 Å². The molecular weight excluding hydrogens is 112 g/mol. The Bertz CT molecular complexity index is 139. The zero-order valence-corrected chi connectivity index (χ0v) is 5.72. The van der Waals surface area contributed by atoms with Gasteiger partial charge in [-0.2, -0.15) is 0 Å². The van der Waals surface area contributed by atoms with Gasteiger partial charge in [0, 0.05) is 0 Å². The number of rotatable bonds is 3. The van der Waals surface area contributed by atoms with Crippen LogP contribution in [0.2, 0.25) is 0 Å². The van der Waals surface area contributed by atoms with Crippen LogP contribution in [0, 0.1) is 0 Å². The van der Waals surface area contributed by atoms with E-state index in [9.17, 15) is 0 Å². The van der Waals surface area contributed by atoms with Gasteiger partial charge in [0.15, 0.2) is 0 Å². The van der Waals surface area contributed by atoms with Gasteiger partial charge in [-0.05, 0) is 25.0 Å². The van der Waals surface area contributed by atoms with Gasteiger partial charge in [-0.3, -0.25) is 0 Å². The number of hydrogen-bond donors (Lipinski definition) is 1. The lowest BCUT2D eigenvalue weighted by Gasteiger charge is -1.83. The molecule has 0 radical (unpaired) electrons. The average Bonchev–Trinajstić information content (AvgIpc) is 1.89. The lowest BCUT2D eigenvalue weighted by molar-refractivity contribution is 0.331. The van der Waals surface area contributed by atoms with Gasteiger partial charge < -0.3 is 5.11 Å². The minimum Gasteiger partial charge on any atom is -0.391 e. The first-order chi connectivity index (χ1) is 4.31. The molecule has 0 amide bonds. The Labute approximate surface area is 56.0 Å². The first-order valence-corrected chi connectivity index (χ1v) is 2.93. The first-order valence-electron chi connectivity index (χ1n) is 2.93. The molecule has 0 fully saturated rings. The van der Waals surface area contributed by atoms with E-state index in [1.165, 1.54) is 0 Å². The molecule has 0 aliphatic rings. The Morgan fingerprint density at radius 2 is 2.44 bits per heavy atom. The van der Waals surface area contributed by atoms with Gasteiger partial charge in [-0.15, -0.1) is 12.3 Å². The Kier molecular flexibility index (Phi) is 4.89. The summed E-state index contributed by atoms with van der Waals surface area (Å²) >= 11 is 0. The number of allylic oxidation sites excluding steroid dienone is 1. The van der Waals surface area contributed by atoms with Crippen LogP contribution in [0.25, 0.3) is 0 Å². The van der Waals surface area contributed by atoms with Crippen LogP contribution in [-0.2, 0) is 0 Å². The minimum atomic E-state index is 0.0909. The molecule has 0 aliphatic carbocycles. The van der Waals surface area contributed by atoms with Gasteiger partial charge in [0.2, 0.25) is 0 Å². The lowest BCUT2D eigenvalue weighted by Crippen LogP contribution is -1.78. The maximum Gasteiger partial charge on any atom is 0.0712 e. The van der Waals surface area contributed by atoms with Crippen LogP contribution in [0.1, 0.15) is 13.3 Å². The van der Waals surface area contributed by atoms with Gasteiger partial charge in [-0.1, -0.05) is 6.08 Å². The van der Waals surface area contributed by atoms with E-state index in [2.05, 4.69) is 12.3 Å². The summed E-state index contributed by atoms with van der Waals surface area (Å²) in [5.74, 6) is 0. The van der Waals surface area contributed by atoms with Crippen molar-refractivity contribution < 1.29 is 5.11 Å². The molecule has 0 rings (SSSR count). The van der Waals surface area contributed by atoms with Gasteiger partial charge in [0.05, 0.1) is 6.61 Å². The van der Waals surface area contributed by atoms with E-state index in [1.807, 2.05) is 13.0 Å². The molecule has 0 saturated carbocycles. The molecule has 1 heteroatoms. The standard InChI is InChI=1S/C8H12O/c1-3-4-5-6-8(2)7-9/h3,5,9H,1,4,7H2,2H3. The van der Waals surface area contributed by atoms with Crippen molar-refractivity contribution in [3.63, 3.8) is 0 Å². The second kappa shape index (κ2) is 5.36. The molecule has 0 atom stereocenters. The smallest absolute Gasteiger partial charge is 0.0712 e. The fraction of sp³-hybridized carbons (Fsp3) is 0.375. The summed E-state index contributed by atoms with van der Waals surface area (Å²) in [6.07, 6.45) is 4.45. The Balaban J connectivity index is 3.75. The maximum atomic E-state index is 8.49. The quantitative estimate of drug-likeness (QED) is 0.448. The molecule has 0 aromatic heterocycles. The van der Waals surface area contributed by atoms with Crippen molar-refractivity contribution >= 4 is 0 Å². The Hall–Kier alpha value is -0.780.